The molecule has 0 unspecified atom stereocenters. The van der Waals surface area contributed by atoms with Gasteiger partial charge in [-0.3, -0.25) is 4.79 Å². The number of unbranched alkanes of at least 4 members (excludes halogenated alkanes) is 9. The van der Waals surface area contributed by atoms with Crippen LogP contribution in [0.3, 0.4) is 0 Å². The number of hydrogen-bond donors (Lipinski definition) is 6. The van der Waals surface area contributed by atoms with Crippen molar-refractivity contribution in [2.24, 2.45) is 5.73 Å². The summed E-state index contributed by atoms with van der Waals surface area (Å²) in [6.45, 7) is 1.20. The second kappa shape index (κ2) is 24.2. The zero-order valence-electron chi connectivity index (χ0n) is 19.5. The number of carbonyl (C=O) groups is 3. The Morgan fingerprint density at radius 3 is 1.18 bits per heavy atom. The number of hydrogen-bond acceptors (Lipinski definition) is 6. The van der Waals surface area contributed by atoms with Gasteiger partial charge < -0.3 is 31.3 Å². The third kappa shape index (κ3) is 24.0. The highest BCUT2D eigenvalue weighted by Crippen LogP contribution is 2.10. The number of aliphatic carboxylic acids is 1. The van der Waals surface area contributed by atoms with Crippen molar-refractivity contribution in [3.63, 3.8) is 0 Å². The first-order chi connectivity index (χ1) is 15.8. The summed E-state index contributed by atoms with van der Waals surface area (Å²) in [7, 11) is 0. The van der Waals surface area contributed by atoms with Crippen molar-refractivity contribution in [1.29, 1.82) is 0 Å². The van der Waals surface area contributed by atoms with E-state index in [-0.39, 0.29) is 24.3 Å². The summed E-state index contributed by atoms with van der Waals surface area (Å²) in [5.41, 5.74) is 5.57. The van der Waals surface area contributed by atoms with Crippen LogP contribution in [0.5, 0.6) is 0 Å². The molecule has 0 spiro atoms. The van der Waals surface area contributed by atoms with E-state index in [0.29, 0.717) is 6.42 Å². The van der Waals surface area contributed by atoms with Crippen LogP contribution in [-0.4, -0.2) is 63.2 Å². The highest BCUT2D eigenvalue weighted by Gasteiger charge is 2.04. The van der Waals surface area contributed by atoms with E-state index in [9.17, 15) is 14.4 Å². The molecule has 9 nitrogen and oxygen atoms in total. The van der Waals surface area contributed by atoms with Crippen molar-refractivity contribution in [3.05, 3.63) is 35.4 Å². The van der Waals surface area contributed by atoms with Crippen molar-refractivity contribution < 1.29 is 39.9 Å². The fraction of sp³-hybridized carbons (Fsp3) is 0.625. The van der Waals surface area contributed by atoms with E-state index in [2.05, 4.69) is 0 Å². The van der Waals surface area contributed by atoms with E-state index in [4.69, 9.17) is 31.3 Å². The lowest BCUT2D eigenvalue weighted by molar-refractivity contribution is -0.137. The molecule has 0 aliphatic carbocycles. The molecule has 190 valence electrons. The zero-order chi connectivity index (χ0) is 25.3. The largest absolute Gasteiger partial charge is 0.481 e. The van der Waals surface area contributed by atoms with Gasteiger partial charge in [0.05, 0.1) is 11.1 Å². The molecule has 33 heavy (non-hydrogen) atoms. The molecule has 0 aliphatic heterocycles. The van der Waals surface area contributed by atoms with E-state index in [1.807, 2.05) is 0 Å². The molecule has 0 heterocycles. The molecule has 1 rings (SSSR count). The number of carboxylic acids is 3. The maximum atomic E-state index is 10.3. The van der Waals surface area contributed by atoms with Gasteiger partial charge in [-0.05, 0) is 56.5 Å². The first kappa shape index (κ1) is 32.7. The van der Waals surface area contributed by atoms with Crippen LogP contribution >= 0.6 is 0 Å². The third-order valence-electron chi connectivity index (χ3n) is 4.54. The Morgan fingerprint density at radius 1 is 0.576 bits per heavy atom. The Labute approximate surface area is 196 Å². The third-order valence-corrected chi connectivity index (χ3v) is 4.54. The normalized spacial score (nSPS) is 9.79. The summed E-state index contributed by atoms with van der Waals surface area (Å²) < 4.78 is 0. The van der Waals surface area contributed by atoms with Crippen molar-refractivity contribution in [3.8, 4) is 0 Å². The standard InChI is InChI=1S/C12H25NO2.C8H6O4.C4H10O2/c13-11-9-7-5-3-1-2-4-6-8-10-12(14)15;9-7(10)5-1-2-6(4-3-5)8(11)12;5-3-1-2-4-6/h1-11,13H2,(H,14,15);1-4H,(H,9,10)(H,11,12);5-6H,1-4H2. The van der Waals surface area contributed by atoms with Gasteiger partial charge in [-0.1, -0.05) is 44.9 Å². The number of rotatable bonds is 16. The number of aliphatic hydroxyl groups excluding tert-OH is 2. The van der Waals surface area contributed by atoms with Gasteiger partial charge in [-0.2, -0.15) is 0 Å². The lowest BCUT2D eigenvalue weighted by Crippen LogP contribution is -1.99. The van der Waals surface area contributed by atoms with Gasteiger partial charge in [0.1, 0.15) is 0 Å². The molecule has 0 saturated carbocycles. The molecule has 0 aromatic heterocycles. The molecule has 0 atom stereocenters. The topological polar surface area (TPSA) is 178 Å². The van der Waals surface area contributed by atoms with Crippen molar-refractivity contribution in [2.75, 3.05) is 19.8 Å². The van der Waals surface area contributed by atoms with Crippen molar-refractivity contribution in [2.45, 2.75) is 77.0 Å². The van der Waals surface area contributed by atoms with Gasteiger partial charge >= 0.3 is 17.9 Å². The fourth-order valence-electron chi connectivity index (χ4n) is 2.64. The van der Waals surface area contributed by atoms with E-state index in [1.54, 1.807) is 0 Å². The van der Waals surface area contributed by atoms with Crippen LogP contribution in [0.4, 0.5) is 0 Å². The summed E-state index contributed by atoms with van der Waals surface area (Å²) in [5, 5.41) is 41.5. The molecule has 0 bridgehead atoms. The van der Waals surface area contributed by atoms with E-state index in [0.717, 1.165) is 38.6 Å². The molecular formula is C24H41NO8. The number of aliphatic hydroxyl groups is 2. The summed E-state index contributed by atoms with van der Waals surface area (Å²) >= 11 is 0. The van der Waals surface area contributed by atoms with Crippen molar-refractivity contribution in [1.82, 2.24) is 0 Å². The summed E-state index contributed by atoms with van der Waals surface area (Å²) in [6, 6.07) is 5.02. The minimum absolute atomic E-state index is 0.0833. The van der Waals surface area contributed by atoms with Crippen molar-refractivity contribution >= 4 is 17.9 Å². The van der Waals surface area contributed by atoms with Crippen LogP contribution in [0.15, 0.2) is 24.3 Å². The van der Waals surface area contributed by atoms with Crippen LogP contribution in [-0.2, 0) is 4.79 Å². The Kier molecular flexibility index (Phi) is 23.9. The van der Waals surface area contributed by atoms with Crippen LogP contribution < -0.4 is 5.73 Å². The molecule has 0 saturated heterocycles. The average molecular weight is 472 g/mol. The monoisotopic (exact) mass is 471 g/mol. The molecule has 0 aliphatic rings. The molecule has 0 radical (unpaired) electrons. The molecule has 0 fully saturated rings. The predicted molar refractivity (Wildman–Crippen MR) is 127 cm³/mol. The summed E-state index contributed by atoms with van der Waals surface area (Å²) in [6.07, 6.45) is 12.4. The first-order valence-electron chi connectivity index (χ1n) is 11.5. The quantitative estimate of drug-likeness (QED) is 0.196. The molecule has 1 aromatic rings. The first-order valence-corrected chi connectivity index (χ1v) is 11.5. The van der Waals surface area contributed by atoms with Gasteiger partial charge in [0.2, 0.25) is 0 Å². The SMILES string of the molecule is NCCCCCCCCCCCC(=O)O.O=C(O)c1ccc(C(=O)O)cc1.OCCCCO. The minimum atomic E-state index is -1.06. The van der Waals surface area contributed by atoms with E-state index >= 15 is 0 Å². The maximum Gasteiger partial charge on any atom is 0.335 e. The Bertz CT molecular complexity index is 582. The Hall–Kier alpha value is -2.49. The molecule has 1 aromatic carbocycles. The molecular weight excluding hydrogens is 430 g/mol. The summed E-state index contributed by atoms with van der Waals surface area (Å²) in [4.78, 5) is 30.9. The second-order valence-electron chi connectivity index (χ2n) is 7.46. The van der Waals surface area contributed by atoms with Gasteiger partial charge in [0.25, 0.3) is 0 Å². The molecule has 9 heteroatoms. The number of benzene rings is 1. The molecule has 0 amide bonds. The van der Waals surface area contributed by atoms with Gasteiger partial charge in [-0.15, -0.1) is 0 Å². The van der Waals surface area contributed by atoms with Gasteiger partial charge in [0, 0.05) is 19.6 Å². The van der Waals surface area contributed by atoms with Gasteiger partial charge in [0.15, 0.2) is 0 Å². The molecule has 7 N–H and O–H groups in total. The maximum absolute atomic E-state index is 10.3. The average Bonchev–Trinajstić information content (AvgIpc) is 2.79. The number of carboxylic acid groups (broad SMARTS) is 3. The highest BCUT2D eigenvalue weighted by molar-refractivity contribution is 5.91. The van der Waals surface area contributed by atoms with E-state index in [1.165, 1.54) is 62.8 Å². The lowest BCUT2D eigenvalue weighted by Gasteiger charge is -2.01. The number of aromatic carboxylic acids is 2. The minimum Gasteiger partial charge on any atom is -0.481 e. The Morgan fingerprint density at radius 2 is 0.909 bits per heavy atom. The summed E-state index contributed by atoms with van der Waals surface area (Å²) in [5.74, 6) is -2.80. The zero-order valence-corrected chi connectivity index (χ0v) is 19.5. The smallest absolute Gasteiger partial charge is 0.335 e. The number of nitrogens with two attached hydrogens (primary N) is 1. The fourth-order valence-corrected chi connectivity index (χ4v) is 2.64. The second-order valence-corrected chi connectivity index (χ2v) is 7.46. The van der Waals surface area contributed by atoms with Gasteiger partial charge in [-0.25, -0.2) is 9.59 Å². The lowest BCUT2D eigenvalue weighted by atomic mass is 10.1. The van der Waals surface area contributed by atoms with E-state index < -0.39 is 17.9 Å². The predicted octanol–water partition coefficient (Wildman–Crippen LogP) is 3.76. The van der Waals surface area contributed by atoms with Crippen LogP contribution in [0, 0.1) is 0 Å². The Balaban J connectivity index is 0. The van der Waals surface area contributed by atoms with Crippen LogP contribution in [0.2, 0.25) is 0 Å². The highest BCUT2D eigenvalue weighted by atomic mass is 16.4. The van der Waals surface area contributed by atoms with Crippen LogP contribution in [0.25, 0.3) is 0 Å². The van der Waals surface area contributed by atoms with Crippen LogP contribution in [0.1, 0.15) is 97.8 Å².